The fraction of sp³-hybridized carbons (Fsp3) is 0.632. The lowest BCUT2D eigenvalue weighted by molar-refractivity contribution is -0.135. The fourth-order valence-electron chi connectivity index (χ4n) is 2.28. The predicted octanol–water partition coefficient (Wildman–Crippen LogP) is 2.36. The number of carbonyl (C=O) groups is 1. The second-order valence-electron chi connectivity index (χ2n) is 7.33. The summed E-state index contributed by atoms with van der Waals surface area (Å²) in [6, 6.07) is 5.09. The summed E-state index contributed by atoms with van der Waals surface area (Å²) in [5.74, 6) is 0.388. The van der Waals surface area contributed by atoms with Crippen LogP contribution in [-0.4, -0.2) is 63.7 Å². The molecule has 0 atom stereocenters. The van der Waals surface area contributed by atoms with Gasteiger partial charge in [-0.05, 0) is 45.6 Å². The zero-order chi connectivity index (χ0) is 20.8. The Balaban J connectivity index is 3.13. The van der Waals surface area contributed by atoms with Gasteiger partial charge in [-0.1, -0.05) is 19.9 Å². The minimum absolute atomic E-state index is 0.0462. The van der Waals surface area contributed by atoms with Crippen molar-refractivity contribution in [1.29, 1.82) is 0 Å². The Hall–Kier alpha value is -1.80. The summed E-state index contributed by atoms with van der Waals surface area (Å²) in [4.78, 5) is 16.3. The van der Waals surface area contributed by atoms with Gasteiger partial charge in [-0.15, -0.1) is 0 Å². The van der Waals surface area contributed by atoms with Crippen LogP contribution in [0.4, 0.5) is 0 Å². The summed E-state index contributed by atoms with van der Waals surface area (Å²) in [5, 5.41) is -0.676. The van der Waals surface area contributed by atoms with E-state index in [0.29, 0.717) is 18.8 Å². The van der Waals surface area contributed by atoms with E-state index < -0.39 is 15.4 Å². The highest BCUT2D eigenvalue weighted by Crippen LogP contribution is 2.30. The van der Waals surface area contributed by atoms with Crippen LogP contribution in [0.5, 0.6) is 11.5 Å². The van der Waals surface area contributed by atoms with Crippen LogP contribution >= 0.6 is 0 Å². The third kappa shape index (κ3) is 7.03. The Morgan fingerprint density at radius 2 is 1.70 bits per heavy atom. The number of hydrogen-bond acceptors (Lipinski definition) is 6. The number of ether oxygens (including phenoxy) is 1. The highest BCUT2D eigenvalue weighted by molar-refractivity contribution is 7.87. The van der Waals surface area contributed by atoms with Crippen LogP contribution in [0, 0.1) is 5.92 Å². The van der Waals surface area contributed by atoms with Crippen molar-refractivity contribution in [2.24, 2.45) is 5.92 Å². The number of benzene rings is 1. The molecule has 0 fully saturated rings. The van der Waals surface area contributed by atoms with Gasteiger partial charge in [0.2, 0.25) is 5.91 Å². The first-order valence-corrected chi connectivity index (χ1v) is 10.5. The molecule has 1 amide bonds. The van der Waals surface area contributed by atoms with Crippen LogP contribution in [0.25, 0.3) is 0 Å². The molecule has 1 rings (SSSR count). The molecule has 0 saturated carbocycles. The third-order valence-corrected chi connectivity index (χ3v) is 5.57. The van der Waals surface area contributed by atoms with Gasteiger partial charge in [0.05, 0.1) is 12.4 Å². The van der Waals surface area contributed by atoms with Crippen molar-refractivity contribution in [1.82, 2.24) is 9.80 Å². The van der Waals surface area contributed by atoms with Crippen molar-refractivity contribution in [2.45, 2.75) is 39.5 Å². The minimum Gasteiger partial charge on any atom is -0.493 e. The second-order valence-corrected chi connectivity index (χ2v) is 9.42. The molecule has 7 nitrogen and oxygen atoms in total. The van der Waals surface area contributed by atoms with Crippen molar-refractivity contribution >= 4 is 16.0 Å². The van der Waals surface area contributed by atoms with Crippen molar-refractivity contribution in [3.05, 3.63) is 23.8 Å². The van der Waals surface area contributed by atoms with E-state index >= 15 is 0 Å². The zero-order valence-electron chi connectivity index (χ0n) is 17.4. The Kier molecular flexibility index (Phi) is 8.56. The number of methoxy groups -OCH3 is 1. The first kappa shape index (κ1) is 23.2. The largest absolute Gasteiger partial charge is 0.493 e. The van der Waals surface area contributed by atoms with Gasteiger partial charge in [0.1, 0.15) is 0 Å². The molecular formula is C19H32N2O5S. The van der Waals surface area contributed by atoms with Gasteiger partial charge >= 0.3 is 10.1 Å². The van der Waals surface area contributed by atoms with E-state index in [9.17, 15) is 13.2 Å². The molecule has 0 unspecified atom stereocenters. The predicted molar refractivity (Wildman–Crippen MR) is 106 cm³/mol. The first-order chi connectivity index (χ1) is 12.5. The summed E-state index contributed by atoms with van der Waals surface area (Å²) in [7, 11) is 1.61. The van der Waals surface area contributed by atoms with Gasteiger partial charge < -0.3 is 18.7 Å². The molecule has 0 saturated heterocycles. The van der Waals surface area contributed by atoms with Crippen LogP contribution in [-0.2, 0) is 21.5 Å². The Bertz CT molecular complexity index is 730. The first-order valence-electron chi connectivity index (χ1n) is 9.01. The van der Waals surface area contributed by atoms with E-state index in [0.717, 1.165) is 12.1 Å². The highest BCUT2D eigenvalue weighted by atomic mass is 32.2. The van der Waals surface area contributed by atoms with Gasteiger partial charge in [-0.3, -0.25) is 4.79 Å². The second kappa shape index (κ2) is 9.94. The number of carbonyl (C=O) groups excluding carboxylic acids is 1. The molecule has 0 aromatic heterocycles. The van der Waals surface area contributed by atoms with Gasteiger partial charge in [-0.25, -0.2) is 0 Å². The van der Waals surface area contributed by atoms with E-state index in [1.165, 1.54) is 7.11 Å². The molecule has 0 bridgehead atoms. The molecule has 0 heterocycles. The fourth-order valence-corrected chi connectivity index (χ4v) is 2.85. The Morgan fingerprint density at radius 3 is 2.19 bits per heavy atom. The van der Waals surface area contributed by atoms with Crippen LogP contribution < -0.4 is 8.92 Å². The molecule has 27 heavy (non-hydrogen) atoms. The standard InChI is InChI=1S/C19H32N2O5S/c1-14(2)19(22)21(11-10-20(5)6)13-16-8-9-17(25-7)18(12-16)26-27(23,24)15(3)4/h8-9,12,14-15H,10-11,13H2,1-7H3. The molecule has 1 aromatic carbocycles. The van der Waals surface area contributed by atoms with E-state index in [4.69, 9.17) is 8.92 Å². The lowest BCUT2D eigenvalue weighted by atomic mass is 10.1. The molecule has 0 aliphatic heterocycles. The zero-order valence-corrected chi connectivity index (χ0v) is 18.2. The molecule has 0 spiro atoms. The third-order valence-electron chi connectivity index (χ3n) is 4.01. The maximum Gasteiger partial charge on any atom is 0.311 e. The van der Waals surface area contributed by atoms with E-state index in [2.05, 4.69) is 0 Å². The maximum absolute atomic E-state index is 12.5. The van der Waals surface area contributed by atoms with Gasteiger partial charge in [0.15, 0.2) is 11.5 Å². The summed E-state index contributed by atoms with van der Waals surface area (Å²) in [5.41, 5.74) is 0.775. The topological polar surface area (TPSA) is 76.2 Å². The number of hydrogen-bond donors (Lipinski definition) is 0. The van der Waals surface area contributed by atoms with Crippen LogP contribution in [0.3, 0.4) is 0 Å². The van der Waals surface area contributed by atoms with Crippen molar-refractivity contribution in [2.75, 3.05) is 34.3 Å². The molecule has 8 heteroatoms. The molecule has 0 aliphatic rings. The Labute approximate surface area is 163 Å². The maximum atomic E-state index is 12.5. The minimum atomic E-state index is -3.75. The lowest BCUT2D eigenvalue weighted by Crippen LogP contribution is -2.38. The average molecular weight is 401 g/mol. The lowest BCUT2D eigenvalue weighted by Gasteiger charge is -2.26. The van der Waals surface area contributed by atoms with E-state index in [1.807, 2.05) is 38.9 Å². The van der Waals surface area contributed by atoms with Crippen LogP contribution in [0.2, 0.25) is 0 Å². The number of likely N-dealkylation sites (N-methyl/N-ethyl adjacent to an activating group) is 1. The van der Waals surface area contributed by atoms with Crippen molar-refractivity contribution in [3.8, 4) is 11.5 Å². The van der Waals surface area contributed by atoms with Crippen LogP contribution in [0.1, 0.15) is 33.3 Å². The van der Waals surface area contributed by atoms with Crippen LogP contribution in [0.15, 0.2) is 18.2 Å². The SMILES string of the molecule is COc1ccc(CN(CCN(C)C)C(=O)C(C)C)cc1OS(=O)(=O)C(C)C. The monoisotopic (exact) mass is 400 g/mol. The smallest absolute Gasteiger partial charge is 0.311 e. The highest BCUT2D eigenvalue weighted by Gasteiger charge is 2.22. The molecule has 0 N–H and O–H groups in total. The number of rotatable bonds is 10. The summed E-state index contributed by atoms with van der Waals surface area (Å²) < 4.78 is 34.7. The van der Waals surface area contributed by atoms with Crippen molar-refractivity contribution in [3.63, 3.8) is 0 Å². The normalized spacial score (nSPS) is 11.9. The Morgan fingerprint density at radius 1 is 1.07 bits per heavy atom. The summed E-state index contributed by atoms with van der Waals surface area (Å²) >= 11 is 0. The summed E-state index contributed by atoms with van der Waals surface area (Å²) in [6.45, 7) is 8.51. The molecule has 0 aliphatic carbocycles. The van der Waals surface area contributed by atoms with Crippen molar-refractivity contribution < 1.29 is 22.1 Å². The molecule has 154 valence electrons. The van der Waals surface area contributed by atoms with E-state index in [-0.39, 0.29) is 17.6 Å². The summed E-state index contributed by atoms with van der Waals surface area (Å²) in [6.07, 6.45) is 0. The molecule has 0 radical (unpaired) electrons. The van der Waals surface area contributed by atoms with Gasteiger partial charge in [0, 0.05) is 25.6 Å². The molecule has 1 aromatic rings. The molecular weight excluding hydrogens is 368 g/mol. The quantitative estimate of drug-likeness (QED) is 0.561. The number of nitrogens with zero attached hydrogens (tertiary/aromatic N) is 2. The van der Waals surface area contributed by atoms with E-state index in [1.54, 1.807) is 30.9 Å². The average Bonchev–Trinajstić information content (AvgIpc) is 2.57. The van der Waals surface area contributed by atoms with Gasteiger partial charge in [-0.2, -0.15) is 8.42 Å². The van der Waals surface area contributed by atoms with Gasteiger partial charge in [0.25, 0.3) is 0 Å². The number of amides is 1.